The van der Waals surface area contributed by atoms with Crippen LogP contribution in [0.3, 0.4) is 0 Å². The van der Waals surface area contributed by atoms with Crippen LogP contribution in [-0.2, 0) is 6.54 Å². The number of hydrogen-bond acceptors (Lipinski definition) is 3. The number of nitrogens with zero attached hydrogens (tertiary/aromatic N) is 3. The monoisotopic (exact) mass is 242 g/mol. The van der Waals surface area contributed by atoms with Gasteiger partial charge < -0.3 is 10.3 Å². The van der Waals surface area contributed by atoms with Crippen LogP contribution in [0.25, 0.3) is 10.9 Å². The van der Waals surface area contributed by atoms with Crippen LogP contribution in [0.5, 0.6) is 0 Å². The van der Waals surface area contributed by atoms with Gasteiger partial charge in [0.15, 0.2) is 0 Å². The van der Waals surface area contributed by atoms with E-state index in [4.69, 9.17) is 5.73 Å². The fourth-order valence-electron chi connectivity index (χ4n) is 1.99. The predicted molar refractivity (Wildman–Crippen MR) is 67.4 cm³/mol. The minimum Gasteiger partial charge on any atom is -0.399 e. The number of nitrogens with two attached hydrogens (primary N) is 1. The smallest absolute Gasteiger partial charge is 0.148 e. The molecule has 5 heteroatoms. The van der Waals surface area contributed by atoms with Crippen molar-refractivity contribution in [2.24, 2.45) is 0 Å². The second-order valence-corrected chi connectivity index (χ2v) is 4.08. The van der Waals surface area contributed by atoms with Crippen LogP contribution in [0, 0.1) is 5.82 Å². The van der Waals surface area contributed by atoms with Crippen molar-refractivity contribution in [1.29, 1.82) is 0 Å². The number of nitrogen functional groups attached to an aromatic ring is 1. The van der Waals surface area contributed by atoms with Crippen LogP contribution in [0.2, 0.25) is 0 Å². The summed E-state index contributed by atoms with van der Waals surface area (Å²) in [6.45, 7) is 0.484. The van der Waals surface area contributed by atoms with E-state index in [9.17, 15) is 4.39 Å². The summed E-state index contributed by atoms with van der Waals surface area (Å²) in [5.74, 6) is -0.277. The van der Waals surface area contributed by atoms with Crippen LogP contribution in [0.15, 0.2) is 43.0 Å². The van der Waals surface area contributed by atoms with E-state index in [1.54, 1.807) is 35.3 Å². The van der Waals surface area contributed by atoms with Crippen molar-refractivity contribution in [2.75, 3.05) is 5.73 Å². The molecule has 0 bridgehead atoms. The SMILES string of the molecule is Nc1ccc2c(c1)c(F)cn2Cc1cnccn1. The van der Waals surface area contributed by atoms with E-state index < -0.39 is 0 Å². The maximum Gasteiger partial charge on any atom is 0.148 e. The molecule has 0 spiro atoms. The lowest BCUT2D eigenvalue weighted by molar-refractivity contribution is 0.628. The van der Waals surface area contributed by atoms with E-state index in [0.29, 0.717) is 17.6 Å². The molecule has 3 aromatic rings. The number of fused-ring (bicyclic) bond motifs is 1. The molecule has 2 heterocycles. The van der Waals surface area contributed by atoms with Gasteiger partial charge in [-0.1, -0.05) is 0 Å². The Hall–Kier alpha value is -2.43. The van der Waals surface area contributed by atoms with Crippen molar-refractivity contribution in [3.05, 3.63) is 54.5 Å². The summed E-state index contributed by atoms with van der Waals surface area (Å²) in [5, 5.41) is 0.527. The van der Waals surface area contributed by atoms with E-state index in [0.717, 1.165) is 11.2 Å². The van der Waals surface area contributed by atoms with Crippen LogP contribution in [0.1, 0.15) is 5.69 Å². The van der Waals surface area contributed by atoms with Gasteiger partial charge in [-0.2, -0.15) is 0 Å². The summed E-state index contributed by atoms with van der Waals surface area (Å²) in [7, 11) is 0. The minimum atomic E-state index is -0.277. The van der Waals surface area contributed by atoms with Gasteiger partial charge in [-0.15, -0.1) is 0 Å². The second-order valence-electron chi connectivity index (χ2n) is 4.08. The molecular formula is C13H11FN4. The van der Waals surface area contributed by atoms with Gasteiger partial charge in [0.2, 0.25) is 0 Å². The zero-order chi connectivity index (χ0) is 12.5. The largest absolute Gasteiger partial charge is 0.399 e. The van der Waals surface area contributed by atoms with Gasteiger partial charge in [0, 0.05) is 29.7 Å². The molecular weight excluding hydrogens is 231 g/mol. The van der Waals surface area contributed by atoms with Gasteiger partial charge in [0.1, 0.15) is 5.82 Å². The first kappa shape index (κ1) is 10.7. The third kappa shape index (κ3) is 1.79. The van der Waals surface area contributed by atoms with E-state index in [-0.39, 0.29) is 5.82 Å². The Labute approximate surface area is 103 Å². The molecule has 0 saturated carbocycles. The maximum atomic E-state index is 13.8. The lowest BCUT2D eigenvalue weighted by atomic mass is 10.2. The molecule has 0 aliphatic rings. The van der Waals surface area contributed by atoms with Gasteiger partial charge in [-0.25, -0.2) is 4.39 Å². The molecule has 0 aliphatic carbocycles. The molecule has 0 saturated heterocycles. The maximum absolute atomic E-state index is 13.8. The zero-order valence-electron chi connectivity index (χ0n) is 9.55. The molecule has 0 amide bonds. The van der Waals surface area contributed by atoms with Crippen LogP contribution in [0.4, 0.5) is 10.1 Å². The number of hydrogen-bond donors (Lipinski definition) is 1. The highest BCUT2D eigenvalue weighted by atomic mass is 19.1. The number of anilines is 1. The molecule has 0 fully saturated rings. The van der Waals surface area contributed by atoms with Gasteiger partial charge in [0.05, 0.1) is 24.0 Å². The Morgan fingerprint density at radius 2 is 2.17 bits per heavy atom. The average Bonchev–Trinajstić information content (AvgIpc) is 2.67. The summed E-state index contributed by atoms with van der Waals surface area (Å²) in [5.41, 5.74) is 7.79. The molecule has 0 unspecified atom stereocenters. The standard InChI is InChI=1S/C13H11FN4/c14-12-8-18(7-10-6-16-3-4-17-10)13-2-1-9(15)5-11(12)13/h1-6,8H,7,15H2. The normalized spacial score (nSPS) is 10.9. The first-order chi connectivity index (χ1) is 8.74. The third-order valence-corrected chi connectivity index (χ3v) is 2.81. The van der Waals surface area contributed by atoms with Crippen molar-refractivity contribution < 1.29 is 4.39 Å². The van der Waals surface area contributed by atoms with Gasteiger partial charge in [0.25, 0.3) is 0 Å². The fraction of sp³-hybridized carbons (Fsp3) is 0.0769. The Morgan fingerprint density at radius 1 is 1.28 bits per heavy atom. The van der Waals surface area contributed by atoms with Crippen LogP contribution < -0.4 is 5.73 Å². The van der Waals surface area contributed by atoms with Crippen molar-refractivity contribution >= 4 is 16.6 Å². The minimum absolute atomic E-state index is 0.277. The summed E-state index contributed by atoms with van der Waals surface area (Å²) in [6.07, 6.45) is 6.35. The van der Waals surface area contributed by atoms with Crippen molar-refractivity contribution in [3.8, 4) is 0 Å². The Kier molecular flexibility index (Phi) is 2.44. The lowest BCUT2D eigenvalue weighted by Gasteiger charge is -2.04. The Balaban J connectivity index is 2.08. The molecule has 0 radical (unpaired) electrons. The van der Waals surface area contributed by atoms with Crippen molar-refractivity contribution in [2.45, 2.75) is 6.54 Å². The molecule has 0 aliphatic heterocycles. The van der Waals surface area contributed by atoms with Crippen LogP contribution in [-0.4, -0.2) is 14.5 Å². The van der Waals surface area contributed by atoms with E-state index >= 15 is 0 Å². The van der Waals surface area contributed by atoms with Crippen molar-refractivity contribution in [3.63, 3.8) is 0 Å². The molecule has 0 atom stereocenters. The summed E-state index contributed by atoms with van der Waals surface area (Å²) in [4.78, 5) is 8.17. The van der Waals surface area contributed by atoms with Gasteiger partial charge in [-0.3, -0.25) is 9.97 Å². The zero-order valence-corrected chi connectivity index (χ0v) is 9.55. The highest BCUT2D eigenvalue weighted by Crippen LogP contribution is 2.23. The summed E-state index contributed by atoms with van der Waals surface area (Å²) >= 11 is 0. The summed E-state index contributed by atoms with van der Waals surface area (Å²) < 4.78 is 15.6. The van der Waals surface area contributed by atoms with E-state index in [2.05, 4.69) is 9.97 Å². The van der Waals surface area contributed by atoms with E-state index in [1.165, 1.54) is 6.20 Å². The lowest BCUT2D eigenvalue weighted by Crippen LogP contribution is -2.00. The molecule has 90 valence electrons. The molecule has 4 nitrogen and oxygen atoms in total. The number of benzene rings is 1. The Bertz CT molecular complexity index is 691. The van der Waals surface area contributed by atoms with E-state index in [1.807, 2.05) is 6.07 Å². The first-order valence-corrected chi connectivity index (χ1v) is 5.53. The number of aromatic nitrogens is 3. The Morgan fingerprint density at radius 3 is 2.94 bits per heavy atom. The molecule has 2 N–H and O–H groups in total. The highest BCUT2D eigenvalue weighted by molar-refractivity contribution is 5.84. The van der Waals surface area contributed by atoms with Gasteiger partial charge >= 0.3 is 0 Å². The quantitative estimate of drug-likeness (QED) is 0.701. The molecule has 2 aromatic heterocycles. The summed E-state index contributed by atoms with van der Waals surface area (Å²) in [6, 6.07) is 5.21. The molecule has 18 heavy (non-hydrogen) atoms. The average molecular weight is 242 g/mol. The number of rotatable bonds is 2. The van der Waals surface area contributed by atoms with Crippen LogP contribution >= 0.6 is 0 Å². The second kappa shape index (κ2) is 4.10. The van der Waals surface area contributed by atoms with Crippen molar-refractivity contribution in [1.82, 2.24) is 14.5 Å². The molecule has 1 aromatic carbocycles. The third-order valence-electron chi connectivity index (χ3n) is 2.81. The number of halogens is 1. The predicted octanol–water partition coefficient (Wildman–Crippen LogP) is 2.20. The van der Waals surface area contributed by atoms with Gasteiger partial charge in [-0.05, 0) is 18.2 Å². The highest BCUT2D eigenvalue weighted by Gasteiger charge is 2.09. The topological polar surface area (TPSA) is 56.7 Å². The first-order valence-electron chi connectivity index (χ1n) is 5.53. The fourth-order valence-corrected chi connectivity index (χ4v) is 1.99. The molecule has 3 rings (SSSR count).